The van der Waals surface area contributed by atoms with Crippen molar-refractivity contribution in [3.8, 4) is 23.0 Å². The molecule has 15 nitrogen and oxygen atoms in total. The maximum Gasteiger partial charge on any atom is 0.229 e. The SMILES string of the molecule is C[C@@H]1O[C@H](O[C@@H]2[C@@H](Oc3cc(O)c4c(c3)O[C@H](c3ccc(O)cc3)CC4=O)O[C@@H](CO)[C@@H](O)[C@H]2O)[C@@H](O)[C@H](O)[C@@H]1O.O. The van der Waals surface area contributed by atoms with Crippen molar-refractivity contribution in [1.82, 2.24) is 0 Å². The fraction of sp³-hybridized carbons (Fsp3) is 0.519. The number of phenols is 2. The zero-order valence-electron chi connectivity index (χ0n) is 22.3. The molecule has 0 radical (unpaired) electrons. The molecule has 0 spiro atoms. The zero-order valence-corrected chi connectivity index (χ0v) is 22.3. The lowest BCUT2D eigenvalue weighted by atomic mass is 9.95. The van der Waals surface area contributed by atoms with E-state index in [4.69, 9.17) is 23.7 Å². The van der Waals surface area contributed by atoms with Gasteiger partial charge in [0.15, 0.2) is 18.2 Å². The molecule has 232 valence electrons. The molecule has 0 saturated carbocycles. The van der Waals surface area contributed by atoms with Crippen LogP contribution in [-0.4, -0.2) is 120 Å². The highest BCUT2D eigenvalue weighted by molar-refractivity contribution is 6.02. The molecule has 11 atom stereocenters. The summed E-state index contributed by atoms with van der Waals surface area (Å²) in [6, 6.07) is 8.50. The minimum Gasteiger partial charge on any atom is -0.508 e. The number of ether oxygens (including phenoxy) is 5. The van der Waals surface area contributed by atoms with Crippen LogP contribution in [0.3, 0.4) is 0 Å². The molecule has 0 aromatic heterocycles. The van der Waals surface area contributed by atoms with E-state index < -0.39 is 85.7 Å². The zero-order chi connectivity index (χ0) is 29.6. The average Bonchev–Trinajstić information content (AvgIpc) is 2.94. The number of aliphatic hydroxyl groups excluding tert-OH is 6. The number of carbonyl (C=O) groups is 1. The van der Waals surface area contributed by atoms with E-state index in [-0.39, 0.29) is 34.7 Å². The Bertz CT molecular complexity index is 1240. The molecule has 2 aromatic rings. The third kappa shape index (κ3) is 6.02. The van der Waals surface area contributed by atoms with Gasteiger partial charge in [-0.25, -0.2) is 0 Å². The largest absolute Gasteiger partial charge is 0.508 e. The molecule has 5 rings (SSSR count). The van der Waals surface area contributed by atoms with Gasteiger partial charge in [0, 0.05) is 12.1 Å². The summed E-state index contributed by atoms with van der Waals surface area (Å²) in [6.45, 7) is 0.716. The van der Waals surface area contributed by atoms with Gasteiger partial charge in [0.2, 0.25) is 6.29 Å². The second-order valence-electron chi connectivity index (χ2n) is 10.2. The summed E-state index contributed by atoms with van der Waals surface area (Å²) in [4.78, 5) is 12.9. The number of hydrogen-bond acceptors (Lipinski definition) is 14. The highest BCUT2D eigenvalue weighted by Gasteiger charge is 2.51. The number of rotatable bonds is 6. The van der Waals surface area contributed by atoms with Crippen molar-refractivity contribution in [3.05, 3.63) is 47.5 Å². The summed E-state index contributed by atoms with van der Waals surface area (Å²) in [5.74, 6) is -0.947. The summed E-state index contributed by atoms with van der Waals surface area (Å²) >= 11 is 0. The highest BCUT2D eigenvalue weighted by Crippen LogP contribution is 2.43. The number of aromatic hydroxyl groups is 2. The van der Waals surface area contributed by atoms with Crippen LogP contribution < -0.4 is 9.47 Å². The second-order valence-corrected chi connectivity index (χ2v) is 10.2. The first-order chi connectivity index (χ1) is 19.5. The van der Waals surface area contributed by atoms with Crippen molar-refractivity contribution in [3.63, 3.8) is 0 Å². The third-order valence-electron chi connectivity index (χ3n) is 7.42. The molecular formula is C27H34O15. The lowest BCUT2D eigenvalue weighted by Gasteiger charge is -2.45. The molecule has 0 amide bonds. The van der Waals surface area contributed by atoms with Gasteiger partial charge in [-0.15, -0.1) is 0 Å². The fourth-order valence-corrected chi connectivity index (χ4v) is 5.07. The van der Waals surface area contributed by atoms with Gasteiger partial charge >= 0.3 is 0 Å². The van der Waals surface area contributed by atoms with Crippen molar-refractivity contribution in [2.24, 2.45) is 0 Å². The van der Waals surface area contributed by atoms with Crippen LogP contribution in [0.5, 0.6) is 23.0 Å². The molecule has 3 aliphatic rings. The number of aliphatic hydroxyl groups is 6. The van der Waals surface area contributed by atoms with Gasteiger partial charge in [0.05, 0.1) is 19.1 Å². The maximum absolute atomic E-state index is 12.9. The summed E-state index contributed by atoms with van der Waals surface area (Å²) in [5.41, 5.74) is 0.529. The van der Waals surface area contributed by atoms with E-state index in [9.17, 15) is 45.6 Å². The quantitative estimate of drug-likeness (QED) is 0.179. The number of phenolic OH excluding ortho intramolecular Hbond substituents is 2. The Hall–Kier alpha value is -3.09. The number of hydrogen-bond donors (Lipinski definition) is 8. The normalized spacial score (nSPS) is 36.4. The molecule has 42 heavy (non-hydrogen) atoms. The smallest absolute Gasteiger partial charge is 0.229 e. The molecule has 2 saturated heterocycles. The Labute approximate surface area is 239 Å². The van der Waals surface area contributed by atoms with Crippen LogP contribution >= 0.6 is 0 Å². The first-order valence-electron chi connectivity index (χ1n) is 13.0. The molecular weight excluding hydrogens is 564 g/mol. The summed E-state index contributed by atoms with van der Waals surface area (Å²) in [7, 11) is 0. The van der Waals surface area contributed by atoms with E-state index >= 15 is 0 Å². The van der Waals surface area contributed by atoms with Crippen LogP contribution in [0, 0.1) is 0 Å². The van der Waals surface area contributed by atoms with E-state index in [1.54, 1.807) is 12.1 Å². The van der Waals surface area contributed by atoms with Gasteiger partial charge in [0.1, 0.15) is 71.3 Å². The summed E-state index contributed by atoms with van der Waals surface area (Å²) in [6.07, 6.45) is -16.0. The van der Waals surface area contributed by atoms with Gasteiger partial charge in [-0.2, -0.15) is 0 Å². The van der Waals surface area contributed by atoms with E-state index in [0.717, 1.165) is 6.07 Å². The topological polar surface area (TPSA) is 257 Å². The predicted octanol–water partition coefficient (Wildman–Crippen LogP) is -1.99. The van der Waals surface area contributed by atoms with Crippen LogP contribution in [0.1, 0.15) is 35.4 Å². The standard InChI is InChI=1S/C27H32O14.H2O/c1-10-20(32)22(34)24(36)26(37-10)41-25-23(35)21(33)18(9-28)40-27(25)38-13-6-14(30)19-15(31)8-16(39-17(19)7-13)11-2-4-12(29)5-3-11;/h2-7,10,16,18,20-30,32-36H,8-9H2,1H3;1H2/t10-,16-,18-,20+,21+,22+,23+,24-,25-,26+,27-;/m0./s1. The Morgan fingerprint density at radius 1 is 0.881 bits per heavy atom. The number of Topliss-reactive ketones (excluding diaryl/α,β-unsaturated/α-hetero) is 1. The molecule has 15 heteroatoms. The summed E-state index contributed by atoms with van der Waals surface area (Å²) < 4.78 is 28.6. The van der Waals surface area contributed by atoms with E-state index in [1.807, 2.05) is 0 Å². The molecule has 0 bridgehead atoms. The molecule has 3 aliphatic heterocycles. The summed E-state index contributed by atoms with van der Waals surface area (Å²) in [5, 5.41) is 81.6. The van der Waals surface area contributed by atoms with Gasteiger partial charge in [0.25, 0.3) is 0 Å². The Balaban J connectivity index is 0.00000405. The average molecular weight is 599 g/mol. The maximum atomic E-state index is 12.9. The molecule has 0 aliphatic carbocycles. The molecule has 0 unspecified atom stereocenters. The lowest BCUT2D eigenvalue weighted by molar-refractivity contribution is -0.354. The first-order valence-corrected chi connectivity index (χ1v) is 13.0. The Kier molecular flexibility index (Phi) is 9.58. The number of fused-ring (bicyclic) bond motifs is 1. The van der Waals surface area contributed by atoms with Crippen LogP contribution in [0.4, 0.5) is 0 Å². The van der Waals surface area contributed by atoms with Crippen molar-refractivity contribution in [2.75, 3.05) is 6.61 Å². The Morgan fingerprint density at radius 2 is 1.57 bits per heavy atom. The van der Waals surface area contributed by atoms with E-state index in [2.05, 4.69) is 0 Å². The molecule has 3 heterocycles. The van der Waals surface area contributed by atoms with Gasteiger partial charge < -0.3 is 70.0 Å². The van der Waals surface area contributed by atoms with Gasteiger partial charge in [-0.1, -0.05) is 12.1 Å². The van der Waals surface area contributed by atoms with E-state index in [1.165, 1.54) is 25.1 Å². The monoisotopic (exact) mass is 598 g/mol. The second kappa shape index (κ2) is 12.6. The Morgan fingerprint density at radius 3 is 2.24 bits per heavy atom. The fourth-order valence-electron chi connectivity index (χ4n) is 5.07. The van der Waals surface area contributed by atoms with Crippen molar-refractivity contribution < 1.29 is 74.8 Å². The van der Waals surface area contributed by atoms with Gasteiger partial charge in [-0.05, 0) is 24.6 Å². The minimum absolute atomic E-state index is 0. The lowest BCUT2D eigenvalue weighted by Crippen LogP contribution is -2.64. The highest BCUT2D eigenvalue weighted by atomic mass is 16.8. The van der Waals surface area contributed by atoms with Gasteiger partial charge in [-0.3, -0.25) is 4.79 Å². The molecule has 10 N–H and O–H groups in total. The predicted molar refractivity (Wildman–Crippen MR) is 138 cm³/mol. The number of ketones is 1. The van der Waals surface area contributed by atoms with E-state index in [0.29, 0.717) is 5.56 Å². The van der Waals surface area contributed by atoms with Crippen LogP contribution in [0.15, 0.2) is 36.4 Å². The number of carbonyl (C=O) groups excluding carboxylic acids is 1. The number of benzene rings is 2. The van der Waals surface area contributed by atoms with Crippen LogP contribution in [0.25, 0.3) is 0 Å². The van der Waals surface area contributed by atoms with Crippen LogP contribution in [0.2, 0.25) is 0 Å². The first kappa shape index (κ1) is 31.8. The van der Waals surface area contributed by atoms with Crippen molar-refractivity contribution >= 4 is 5.78 Å². The van der Waals surface area contributed by atoms with Crippen LogP contribution in [-0.2, 0) is 14.2 Å². The van der Waals surface area contributed by atoms with Crippen molar-refractivity contribution in [1.29, 1.82) is 0 Å². The van der Waals surface area contributed by atoms with Crippen molar-refractivity contribution in [2.45, 2.75) is 80.9 Å². The molecule has 2 aromatic carbocycles. The molecule has 2 fully saturated rings. The minimum atomic E-state index is -1.75. The third-order valence-corrected chi connectivity index (χ3v) is 7.42.